The maximum atomic E-state index is 13.0. The predicted octanol–water partition coefficient (Wildman–Crippen LogP) is 3.56. The van der Waals surface area contributed by atoms with E-state index >= 15 is 0 Å². The topological polar surface area (TPSA) is 105 Å². The third kappa shape index (κ3) is 7.16. The SMILES string of the molecule is CC(=O)OCCC[C@H](CCOC(=O)Cc1ccc2c(c1)C(=O)c1ccccc1OC2)OC(C)=O. The number of ether oxygens (including phenoxy) is 4. The number of hydrogen-bond donors (Lipinski definition) is 0. The number of para-hydroxylation sites is 1. The zero-order valence-electron chi connectivity index (χ0n) is 19.3. The van der Waals surface area contributed by atoms with Crippen molar-refractivity contribution < 1.29 is 38.1 Å². The van der Waals surface area contributed by atoms with Gasteiger partial charge in [0.2, 0.25) is 0 Å². The van der Waals surface area contributed by atoms with E-state index in [-0.39, 0.29) is 38.0 Å². The van der Waals surface area contributed by atoms with Crippen molar-refractivity contribution in [3.63, 3.8) is 0 Å². The minimum Gasteiger partial charge on any atom is -0.488 e. The van der Waals surface area contributed by atoms with Crippen LogP contribution in [0.1, 0.15) is 60.2 Å². The van der Waals surface area contributed by atoms with Crippen LogP contribution in [-0.4, -0.2) is 43.0 Å². The molecule has 0 fully saturated rings. The van der Waals surface area contributed by atoms with Gasteiger partial charge in [-0.15, -0.1) is 0 Å². The Balaban J connectivity index is 1.53. The van der Waals surface area contributed by atoms with Crippen LogP contribution in [0.3, 0.4) is 0 Å². The van der Waals surface area contributed by atoms with Crippen molar-refractivity contribution in [1.29, 1.82) is 0 Å². The van der Waals surface area contributed by atoms with Crippen molar-refractivity contribution in [3.05, 3.63) is 64.7 Å². The number of fused-ring (bicyclic) bond motifs is 2. The number of carbonyl (C=O) groups excluding carboxylic acids is 4. The number of benzene rings is 2. The van der Waals surface area contributed by atoms with E-state index in [1.165, 1.54) is 13.8 Å². The van der Waals surface area contributed by atoms with Gasteiger partial charge in [-0.25, -0.2) is 0 Å². The minimum absolute atomic E-state index is 0.00769. The molecule has 0 radical (unpaired) electrons. The number of esters is 3. The Bertz CT molecular complexity index is 1060. The fraction of sp³-hybridized carbons (Fsp3) is 0.385. The van der Waals surface area contributed by atoms with E-state index in [1.807, 2.05) is 6.07 Å². The fourth-order valence-electron chi connectivity index (χ4n) is 3.70. The van der Waals surface area contributed by atoms with E-state index in [9.17, 15) is 19.2 Å². The molecule has 0 aliphatic carbocycles. The molecule has 0 aromatic heterocycles. The standard InChI is InChI=1S/C26H28O8/c1-17(27)31-12-5-6-21(34-18(2)28)11-13-32-25(29)15-19-9-10-20-16-33-24-8-4-3-7-22(24)26(30)23(20)14-19/h3-4,7-10,14,21H,5-6,11-13,15-16H2,1-2H3/t21-/m1/s1. The maximum Gasteiger partial charge on any atom is 0.310 e. The molecule has 1 atom stereocenters. The van der Waals surface area contributed by atoms with E-state index < -0.39 is 18.0 Å². The van der Waals surface area contributed by atoms with Crippen molar-refractivity contribution in [3.8, 4) is 5.75 Å². The summed E-state index contributed by atoms with van der Waals surface area (Å²) < 4.78 is 21.2. The summed E-state index contributed by atoms with van der Waals surface area (Å²) in [7, 11) is 0. The molecule has 8 nitrogen and oxygen atoms in total. The monoisotopic (exact) mass is 468 g/mol. The van der Waals surface area contributed by atoms with Crippen LogP contribution < -0.4 is 4.74 Å². The van der Waals surface area contributed by atoms with Gasteiger partial charge in [-0.2, -0.15) is 0 Å². The molecule has 1 heterocycles. The van der Waals surface area contributed by atoms with Crippen LogP contribution in [0.25, 0.3) is 0 Å². The highest BCUT2D eigenvalue weighted by molar-refractivity contribution is 6.12. The summed E-state index contributed by atoms with van der Waals surface area (Å²) >= 11 is 0. The number of hydrogen-bond acceptors (Lipinski definition) is 8. The van der Waals surface area contributed by atoms with Gasteiger partial charge in [-0.05, 0) is 36.6 Å². The van der Waals surface area contributed by atoms with Gasteiger partial charge in [-0.3, -0.25) is 19.2 Å². The smallest absolute Gasteiger partial charge is 0.310 e. The lowest BCUT2D eigenvalue weighted by molar-refractivity contribution is -0.150. The second-order valence-electron chi connectivity index (χ2n) is 8.01. The lowest BCUT2D eigenvalue weighted by Gasteiger charge is -2.17. The van der Waals surface area contributed by atoms with E-state index in [2.05, 4.69) is 0 Å². The average Bonchev–Trinajstić information content (AvgIpc) is 2.93. The second kappa shape index (κ2) is 12.0. The van der Waals surface area contributed by atoms with Crippen LogP contribution in [0.15, 0.2) is 42.5 Å². The van der Waals surface area contributed by atoms with Gasteiger partial charge < -0.3 is 18.9 Å². The van der Waals surface area contributed by atoms with Crippen LogP contribution in [-0.2, 0) is 41.6 Å². The van der Waals surface area contributed by atoms with Gasteiger partial charge in [0.05, 0.1) is 25.2 Å². The van der Waals surface area contributed by atoms with Crippen molar-refractivity contribution in [2.24, 2.45) is 0 Å². The molecular weight excluding hydrogens is 440 g/mol. The zero-order valence-corrected chi connectivity index (χ0v) is 19.3. The lowest BCUT2D eigenvalue weighted by Crippen LogP contribution is -2.21. The first-order valence-electron chi connectivity index (χ1n) is 11.2. The normalized spacial score (nSPS) is 12.9. The van der Waals surface area contributed by atoms with Crippen molar-refractivity contribution in [2.75, 3.05) is 13.2 Å². The summed E-state index contributed by atoms with van der Waals surface area (Å²) in [5.74, 6) is -0.839. The molecule has 180 valence electrons. The molecule has 1 aliphatic rings. The van der Waals surface area contributed by atoms with Gasteiger partial charge in [0.25, 0.3) is 0 Å². The maximum absolute atomic E-state index is 13.0. The van der Waals surface area contributed by atoms with Gasteiger partial charge >= 0.3 is 17.9 Å². The summed E-state index contributed by atoms with van der Waals surface area (Å²) in [4.78, 5) is 47.5. The number of rotatable bonds is 10. The molecule has 0 saturated heterocycles. The van der Waals surface area contributed by atoms with Gasteiger partial charge in [-0.1, -0.05) is 24.3 Å². The Morgan fingerprint density at radius 3 is 2.50 bits per heavy atom. The highest BCUT2D eigenvalue weighted by Gasteiger charge is 2.22. The molecule has 0 spiro atoms. The van der Waals surface area contributed by atoms with Crippen LogP contribution in [0.2, 0.25) is 0 Å². The zero-order chi connectivity index (χ0) is 24.5. The Labute approximate surface area is 198 Å². The molecule has 0 saturated carbocycles. The fourth-order valence-corrected chi connectivity index (χ4v) is 3.70. The van der Waals surface area contributed by atoms with Crippen molar-refractivity contribution >= 4 is 23.7 Å². The lowest BCUT2D eigenvalue weighted by atomic mass is 9.96. The minimum atomic E-state index is -0.445. The van der Waals surface area contributed by atoms with Gasteiger partial charge in [0, 0.05) is 31.4 Å². The van der Waals surface area contributed by atoms with E-state index in [1.54, 1.807) is 36.4 Å². The third-order valence-corrected chi connectivity index (χ3v) is 5.29. The third-order valence-electron chi connectivity index (χ3n) is 5.29. The number of ketones is 1. The highest BCUT2D eigenvalue weighted by Crippen LogP contribution is 2.28. The molecular formula is C26H28O8. The molecule has 1 aliphatic heterocycles. The van der Waals surface area contributed by atoms with E-state index in [0.717, 1.165) is 5.56 Å². The van der Waals surface area contributed by atoms with E-state index in [4.69, 9.17) is 18.9 Å². The first kappa shape index (κ1) is 25.0. The van der Waals surface area contributed by atoms with Gasteiger partial charge in [0.15, 0.2) is 5.78 Å². The Kier molecular flexibility index (Phi) is 8.79. The Hall–Kier alpha value is -3.68. The van der Waals surface area contributed by atoms with E-state index in [0.29, 0.717) is 41.7 Å². The highest BCUT2D eigenvalue weighted by atomic mass is 16.6. The quantitative estimate of drug-likeness (QED) is 0.296. The van der Waals surface area contributed by atoms with Crippen LogP contribution in [0, 0.1) is 0 Å². The van der Waals surface area contributed by atoms with Crippen LogP contribution in [0.5, 0.6) is 5.75 Å². The summed E-state index contributed by atoms with van der Waals surface area (Å²) in [5.41, 5.74) is 2.43. The predicted molar refractivity (Wildman–Crippen MR) is 121 cm³/mol. The van der Waals surface area contributed by atoms with Crippen LogP contribution in [0.4, 0.5) is 0 Å². The molecule has 2 aromatic carbocycles. The summed E-state index contributed by atoms with van der Waals surface area (Å²) in [6.45, 7) is 3.23. The second-order valence-corrected chi connectivity index (χ2v) is 8.01. The molecule has 0 amide bonds. The Morgan fingerprint density at radius 1 is 0.941 bits per heavy atom. The Morgan fingerprint density at radius 2 is 1.74 bits per heavy atom. The largest absolute Gasteiger partial charge is 0.488 e. The van der Waals surface area contributed by atoms with Crippen LogP contribution >= 0.6 is 0 Å². The summed E-state index contributed by atoms with van der Waals surface area (Å²) in [6.07, 6.45) is 0.921. The summed E-state index contributed by atoms with van der Waals surface area (Å²) in [5, 5.41) is 0. The first-order chi connectivity index (χ1) is 16.3. The van der Waals surface area contributed by atoms with Crippen molar-refractivity contribution in [1.82, 2.24) is 0 Å². The molecule has 8 heteroatoms. The molecule has 2 aromatic rings. The number of carbonyl (C=O) groups is 4. The molecule has 0 unspecified atom stereocenters. The molecule has 0 N–H and O–H groups in total. The van der Waals surface area contributed by atoms with Crippen molar-refractivity contribution in [2.45, 2.75) is 52.2 Å². The molecule has 3 rings (SSSR count). The average molecular weight is 469 g/mol. The molecule has 0 bridgehead atoms. The molecule has 34 heavy (non-hydrogen) atoms. The van der Waals surface area contributed by atoms with Gasteiger partial charge in [0.1, 0.15) is 18.5 Å². The summed E-state index contributed by atoms with van der Waals surface area (Å²) in [6, 6.07) is 12.4. The first-order valence-corrected chi connectivity index (χ1v) is 11.2.